The molecule has 19 heavy (non-hydrogen) atoms. The van der Waals surface area contributed by atoms with Gasteiger partial charge in [-0.2, -0.15) is 0 Å². The fourth-order valence-electron chi connectivity index (χ4n) is 1.58. The van der Waals surface area contributed by atoms with Crippen molar-refractivity contribution in [2.45, 2.75) is 32.9 Å². The number of carbonyl (C=O) groups is 1. The average molecular weight is 259 g/mol. The third-order valence-corrected chi connectivity index (χ3v) is 2.82. The van der Waals surface area contributed by atoms with Crippen LogP contribution in [0.25, 0.3) is 0 Å². The summed E-state index contributed by atoms with van der Waals surface area (Å²) in [6.07, 6.45) is 5.88. The quantitative estimate of drug-likeness (QED) is 0.603. The van der Waals surface area contributed by atoms with E-state index in [-0.39, 0.29) is 17.9 Å². The number of rotatable bonds is 7. The lowest BCUT2D eigenvalue weighted by atomic mass is 10.1. The van der Waals surface area contributed by atoms with Crippen molar-refractivity contribution in [3.63, 3.8) is 0 Å². The molecule has 0 saturated carbocycles. The molecule has 2 unspecified atom stereocenters. The van der Waals surface area contributed by atoms with E-state index in [4.69, 9.17) is 11.2 Å². The zero-order valence-electron chi connectivity index (χ0n) is 11.6. The van der Waals surface area contributed by atoms with E-state index >= 15 is 0 Å². The average Bonchev–Trinajstić information content (AvgIpc) is 2.43. The first kappa shape index (κ1) is 15.3. The van der Waals surface area contributed by atoms with E-state index in [1.807, 2.05) is 44.2 Å². The number of ether oxygens (including phenoxy) is 1. The lowest BCUT2D eigenvalue weighted by Crippen LogP contribution is -2.33. The molecule has 0 amide bonds. The van der Waals surface area contributed by atoms with Crippen LogP contribution in [-0.2, 0) is 16.1 Å². The van der Waals surface area contributed by atoms with Crippen LogP contribution in [0.3, 0.4) is 0 Å². The summed E-state index contributed by atoms with van der Waals surface area (Å²) in [6.45, 7) is 4.76. The molecule has 1 rings (SSSR count). The molecule has 1 N–H and O–H groups in total. The molecule has 0 radical (unpaired) electrons. The maximum atomic E-state index is 11.8. The van der Waals surface area contributed by atoms with Gasteiger partial charge in [0.2, 0.25) is 0 Å². The number of terminal acetylenes is 1. The van der Waals surface area contributed by atoms with Crippen LogP contribution in [0.1, 0.15) is 25.8 Å². The Bertz CT molecular complexity index is 422. The van der Waals surface area contributed by atoms with Crippen molar-refractivity contribution in [3.8, 4) is 12.3 Å². The van der Waals surface area contributed by atoms with Gasteiger partial charge in [0.15, 0.2) is 0 Å². The van der Waals surface area contributed by atoms with Crippen molar-refractivity contribution >= 4 is 5.97 Å². The van der Waals surface area contributed by atoms with Crippen LogP contribution < -0.4 is 5.32 Å². The van der Waals surface area contributed by atoms with E-state index < -0.39 is 0 Å². The van der Waals surface area contributed by atoms with Gasteiger partial charge in [-0.25, -0.2) is 0 Å². The van der Waals surface area contributed by atoms with Gasteiger partial charge < -0.3 is 10.1 Å². The topological polar surface area (TPSA) is 38.3 Å². The molecule has 0 spiro atoms. The third kappa shape index (κ3) is 6.08. The molecule has 0 aliphatic rings. The Hall–Kier alpha value is -1.79. The Labute approximate surface area is 115 Å². The molecule has 2 atom stereocenters. The number of esters is 1. The highest BCUT2D eigenvalue weighted by Gasteiger charge is 2.15. The van der Waals surface area contributed by atoms with Crippen LogP contribution in [-0.4, -0.2) is 18.6 Å². The van der Waals surface area contributed by atoms with Crippen LogP contribution in [0.5, 0.6) is 0 Å². The summed E-state index contributed by atoms with van der Waals surface area (Å²) >= 11 is 0. The predicted molar refractivity (Wildman–Crippen MR) is 76.3 cm³/mol. The third-order valence-electron chi connectivity index (χ3n) is 2.82. The van der Waals surface area contributed by atoms with E-state index in [1.54, 1.807) is 0 Å². The maximum absolute atomic E-state index is 11.8. The van der Waals surface area contributed by atoms with Gasteiger partial charge in [0.25, 0.3) is 0 Å². The Morgan fingerprint density at radius 1 is 1.37 bits per heavy atom. The standard InChI is InChI=1S/C16H21NO2/c1-4-8-14(3)17-11-13(2)16(18)19-12-15-9-6-5-7-10-15/h1,5-7,9-10,13-14,17H,8,11-12H2,2-3H3. The smallest absolute Gasteiger partial charge is 0.310 e. The zero-order chi connectivity index (χ0) is 14.1. The van der Waals surface area contributed by atoms with Crippen LogP contribution in [0.4, 0.5) is 0 Å². The minimum absolute atomic E-state index is 0.177. The second-order valence-corrected chi connectivity index (χ2v) is 4.71. The second-order valence-electron chi connectivity index (χ2n) is 4.71. The lowest BCUT2D eigenvalue weighted by Gasteiger charge is -2.15. The molecule has 1 aromatic carbocycles. The van der Waals surface area contributed by atoms with Crippen molar-refractivity contribution in [2.24, 2.45) is 5.92 Å². The monoisotopic (exact) mass is 259 g/mol. The molecule has 0 aliphatic heterocycles. The molecule has 0 saturated heterocycles. The number of hydrogen-bond acceptors (Lipinski definition) is 3. The molecular formula is C16H21NO2. The molecule has 3 heteroatoms. The zero-order valence-corrected chi connectivity index (χ0v) is 11.6. The van der Waals surface area contributed by atoms with Gasteiger partial charge in [0.1, 0.15) is 6.61 Å². The highest BCUT2D eigenvalue weighted by molar-refractivity contribution is 5.72. The fraction of sp³-hybridized carbons (Fsp3) is 0.438. The SMILES string of the molecule is C#CCC(C)NCC(C)C(=O)OCc1ccccc1. The minimum atomic E-state index is -0.190. The Morgan fingerprint density at radius 2 is 2.05 bits per heavy atom. The molecule has 0 aromatic heterocycles. The van der Waals surface area contributed by atoms with E-state index in [0.717, 1.165) is 5.56 Å². The Morgan fingerprint density at radius 3 is 2.68 bits per heavy atom. The largest absolute Gasteiger partial charge is 0.461 e. The van der Waals surface area contributed by atoms with Gasteiger partial charge in [-0.05, 0) is 12.5 Å². The van der Waals surface area contributed by atoms with Crippen LogP contribution >= 0.6 is 0 Å². The highest BCUT2D eigenvalue weighted by atomic mass is 16.5. The first-order valence-electron chi connectivity index (χ1n) is 6.51. The van der Waals surface area contributed by atoms with Crippen LogP contribution in [0, 0.1) is 18.3 Å². The molecule has 3 nitrogen and oxygen atoms in total. The van der Waals surface area contributed by atoms with E-state index in [0.29, 0.717) is 19.6 Å². The number of nitrogens with one attached hydrogen (secondary N) is 1. The van der Waals surface area contributed by atoms with Gasteiger partial charge in [0.05, 0.1) is 5.92 Å². The van der Waals surface area contributed by atoms with Gasteiger partial charge in [0, 0.05) is 19.0 Å². The maximum Gasteiger partial charge on any atom is 0.310 e. The minimum Gasteiger partial charge on any atom is -0.461 e. The molecule has 0 heterocycles. The van der Waals surface area contributed by atoms with Crippen molar-refractivity contribution in [1.29, 1.82) is 0 Å². The summed E-state index contributed by atoms with van der Waals surface area (Å²) in [6, 6.07) is 9.88. The number of hydrogen-bond donors (Lipinski definition) is 1. The lowest BCUT2D eigenvalue weighted by molar-refractivity contribution is -0.149. The van der Waals surface area contributed by atoms with Crippen LogP contribution in [0.2, 0.25) is 0 Å². The normalized spacial score (nSPS) is 13.3. The second kappa shape index (κ2) is 8.34. The van der Waals surface area contributed by atoms with E-state index in [1.165, 1.54) is 0 Å². The molecule has 1 aromatic rings. The van der Waals surface area contributed by atoms with E-state index in [2.05, 4.69) is 11.2 Å². The van der Waals surface area contributed by atoms with Crippen molar-refractivity contribution in [2.75, 3.05) is 6.54 Å². The molecule has 0 aliphatic carbocycles. The summed E-state index contributed by atoms with van der Waals surface area (Å²) in [5.74, 6) is 2.22. The first-order chi connectivity index (χ1) is 9.13. The van der Waals surface area contributed by atoms with E-state index in [9.17, 15) is 4.79 Å². The summed E-state index contributed by atoms with van der Waals surface area (Å²) < 4.78 is 5.26. The van der Waals surface area contributed by atoms with Gasteiger partial charge in [-0.1, -0.05) is 37.3 Å². The van der Waals surface area contributed by atoms with Crippen molar-refractivity contribution < 1.29 is 9.53 Å². The summed E-state index contributed by atoms with van der Waals surface area (Å²) in [7, 11) is 0. The fourth-order valence-corrected chi connectivity index (χ4v) is 1.58. The van der Waals surface area contributed by atoms with Gasteiger partial charge in [-0.15, -0.1) is 12.3 Å². The Balaban J connectivity index is 2.27. The molecule has 0 fully saturated rings. The summed E-state index contributed by atoms with van der Waals surface area (Å²) in [4.78, 5) is 11.8. The Kier molecular flexibility index (Phi) is 6.70. The van der Waals surface area contributed by atoms with Crippen molar-refractivity contribution in [3.05, 3.63) is 35.9 Å². The number of carbonyl (C=O) groups excluding carboxylic acids is 1. The molecule has 102 valence electrons. The summed E-state index contributed by atoms with van der Waals surface area (Å²) in [5.41, 5.74) is 0.997. The number of benzene rings is 1. The molecule has 0 bridgehead atoms. The predicted octanol–water partition coefficient (Wildman–Crippen LogP) is 2.37. The summed E-state index contributed by atoms with van der Waals surface area (Å²) in [5, 5.41) is 3.22. The van der Waals surface area contributed by atoms with Crippen molar-refractivity contribution in [1.82, 2.24) is 5.32 Å². The van der Waals surface area contributed by atoms with Gasteiger partial charge in [-0.3, -0.25) is 4.79 Å². The first-order valence-corrected chi connectivity index (χ1v) is 6.51. The van der Waals surface area contributed by atoms with Crippen LogP contribution in [0.15, 0.2) is 30.3 Å². The molecular weight excluding hydrogens is 238 g/mol. The van der Waals surface area contributed by atoms with Gasteiger partial charge >= 0.3 is 5.97 Å². The highest BCUT2D eigenvalue weighted by Crippen LogP contribution is 2.04.